The number of alkyl halides is 3. The van der Waals surface area contributed by atoms with Crippen LogP contribution < -0.4 is 5.73 Å². The normalized spacial score (nSPS) is 18.8. The van der Waals surface area contributed by atoms with Gasteiger partial charge in [0, 0.05) is 12.1 Å². The molecule has 0 bridgehead atoms. The van der Waals surface area contributed by atoms with Gasteiger partial charge >= 0.3 is 11.8 Å². The lowest BCUT2D eigenvalue weighted by Gasteiger charge is -2.14. The number of hydrogen-bond acceptors (Lipinski definition) is 3. The van der Waals surface area contributed by atoms with Gasteiger partial charge in [0.1, 0.15) is 0 Å². The van der Waals surface area contributed by atoms with E-state index in [0.29, 0.717) is 5.56 Å². The Kier molecular flexibility index (Phi) is 1.79. The Morgan fingerprint density at radius 3 is 2.40 bits per heavy atom. The number of rotatable bonds is 2. The maximum absolute atomic E-state index is 12.6. The van der Waals surface area contributed by atoms with Crippen LogP contribution in [0.25, 0.3) is 0 Å². The highest BCUT2D eigenvalue weighted by Crippen LogP contribution is 2.52. The van der Waals surface area contributed by atoms with Crippen molar-refractivity contribution < 1.29 is 14.5 Å². The third-order valence-corrected chi connectivity index (χ3v) is 2.19. The molecule has 0 aromatic heterocycles. The van der Waals surface area contributed by atoms with Crippen molar-refractivity contribution in [2.24, 2.45) is 16.0 Å². The molecule has 1 aromatic rings. The van der Waals surface area contributed by atoms with Crippen LogP contribution in [-0.2, 0) is 12.2 Å². The van der Waals surface area contributed by atoms with Crippen LogP contribution in [0.15, 0.2) is 34.5 Å². The predicted molar refractivity (Wildman–Crippen MR) is 46.9 cm³/mol. The van der Waals surface area contributed by atoms with E-state index in [1.807, 2.05) is 0 Å². The molecule has 0 atom stereocenters. The van der Waals surface area contributed by atoms with Gasteiger partial charge in [0.2, 0.25) is 0 Å². The Hall–Kier alpha value is -1.43. The average molecular weight is 217 g/mol. The van der Waals surface area contributed by atoms with Gasteiger partial charge < -0.3 is 5.73 Å². The molecule has 0 radical (unpaired) electrons. The van der Waals surface area contributed by atoms with Crippen LogP contribution in [-0.4, -0.2) is 6.18 Å². The van der Waals surface area contributed by atoms with Crippen LogP contribution in [0.5, 0.6) is 0 Å². The van der Waals surface area contributed by atoms with E-state index < -0.39 is 11.8 Å². The number of nitrogens with zero attached hydrogens (tertiary/aromatic N) is 2. The quantitative estimate of drug-likeness (QED) is 0.812. The van der Waals surface area contributed by atoms with Crippen LogP contribution in [0.3, 0.4) is 0 Å². The highest BCUT2D eigenvalue weighted by Gasteiger charge is 2.65. The van der Waals surface area contributed by atoms with Crippen molar-refractivity contribution in [1.82, 2.24) is 0 Å². The molecule has 0 amide bonds. The second-order valence-corrected chi connectivity index (χ2v) is 3.18. The Morgan fingerprint density at radius 2 is 2.00 bits per heavy atom. The molecular formula is C9H8F3N3. The highest BCUT2D eigenvalue weighted by molar-refractivity contribution is 5.32. The van der Waals surface area contributed by atoms with E-state index in [2.05, 4.69) is 10.2 Å². The third-order valence-electron chi connectivity index (χ3n) is 2.19. The molecule has 15 heavy (non-hydrogen) atoms. The molecule has 0 saturated carbocycles. The molecule has 1 aromatic carbocycles. The number of halogens is 3. The zero-order chi connectivity index (χ0) is 12.0. The van der Waals surface area contributed by atoms with Crippen molar-refractivity contribution in [2.75, 3.05) is 0 Å². The van der Waals surface area contributed by atoms with Crippen molar-refractivity contribution in [3.63, 3.8) is 0 Å². The fourth-order valence-corrected chi connectivity index (χ4v) is 1.24. The van der Waals surface area contributed by atoms with Crippen LogP contribution in [0.4, 0.5) is 13.2 Å². The van der Waals surface area contributed by atoms with Gasteiger partial charge in [-0.05, 0) is 5.56 Å². The van der Waals surface area contributed by atoms with Gasteiger partial charge in [-0.25, -0.2) is 0 Å². The summed E-state index contributed by atoms with van der Waals surface area (Å²) >= 11 is 0. The van der Waals surface area contributed by atoms with Gasteiger partial charge in [0.05, 0.1) is 1.37 Å². The summed E-state index contributed by atoms with van der Waals surface area (Å²) in [5, 5.41) is 6.11. The Labute approximate surface area is 85.2 Å². The van der Waals surface area contributed by atoms with E-state index >= 15 is 0 Å². The summed E-state index contributed by atoms with van der Waals surface area (Å²) in [4.78, 5) is 0. The lowest BCUT2D eigenvalue weighted by Crippen LogP contribution is -2.30. The molecule has 0 fully saturated rings. The van der Waals surface area contributed by atoms with Crippen molar-refractivity contribution in [3.8, 4) is 0 Å². The van der Waals surface area contributed by atoms with Crippen molar-refractivity contribution >= 4 is 0 Å². The highest BCUT2D eigenvalue weighted by atomic mass is 19.4. The van der Waals surface area contributed by atoms with Gasteiger partial charge in [-0.15, -0.1) is 10.2 Å². The third kappa shape index (κ3) is 1.50. The lowest BCUT2D eigenvalue weighted by molar-refractivity contribution is -0.166. The fraction of sp³-hybridized carbons (Fsp3) is 0.333. The summed E-state index contributed by atoms with van der Waals surface area (Å²) in [6.45, 7) is 0.117. The van der Waals surface area contributed by atoms with Crippen LogP contribution in [0, 0.1) is 0 Å². The molecule has 80 valence electrons. The first-order chi connectivity index (χ1) is 7.40. The summed E-state index contributed by atoms with van der Waals surface area (Å²) in [7, 11) is 0. The minimum absolute atomic E-state index is 0.0269. The van der Waals surface area contributed by atoms with Gasteiger partial charge in [-0.3, -0.25) is 0 Å². The zero-order valence-corrected chi connectivity index (χ0v) is 7.54. The largest absolute Gasteiger partial charge is 0.442 e. The molecular weight excluding hydrogens is 207 g/mol. The van der Waals surface area contributed by atoms with Gasteiger partial charge in [0.25, 0.3) is 0 Å². The molecule has 2 N–H and O–H groups in total. The van der Waals surface area contributed by atoms with E-state index in [1.165, 1.54) is 12.1 Å². The molecule has 2 rings (SSSR count). The first-order valence-corrected chi connectivity index (χ1v) is 4.21. The number of benzene rings is 1. The Bertz CT molecular complexity index is 450. The molecule has 0 saturated heterocycles. The first kappa shape index (κ1) is 8.84. The fourth-order valence-electron chi connectivity index (χ4n) is 1.24. The molecule has 0 spiro atoms. The predicted octanol–water partition coefficient (Wildman–Crippen LogP) is 2.33. The van der Waals surface area contributed by atoms with E-state index in [9.17, 15) is 13.2 Å². The number of hydrogen-bond donors (Lipinski definition) is 1. The Balaban J connectivity index is 2.40. The van der Waals surface area contributed by atoms with Gasteiger partial charge in [0.15, 0.2) is 0 Å². The van der Waals surface area contributed by atoms with Crippen molar-refractivity contribution in [2.45, 2.75) is 18.4 Å². The molecule has 1 heterocycles. The summed E-state index contributed by atoms with van der Waals surface area (Å²) < 4.78 is 45.4. The zero-order valence-electron chi connectivity index (χ0n) is 8.54. The molecule has 1 aliphatic heterocycles. The second-order valence-electron chi connectivity index (χ2n) is 3.18. The van der Waals surface area contributed by atoms with Crippen molar-refractivity contribution in [3.05, 3.63) is 35.4 Å². The van der Waals surface area contributed by atoms with E-state index in [1.54, 1.807) is 0 Å². The summed E-state index contributed by atoms with van der Waals surface area (Å²) in [5.41, 5.74) is 3.22. The lowest BCUT2D eigenvalue weighted by atomic mass is 10.0. The van der Waals surface area contributed by atoms with Gasteiger partial charge in [-0.2, -0.15) is 13.2 Å². The standard InChI is InChI=1S/C9H8F3N3/c10-9(11,12)8(14-15-8)7-3-1-6(5-13)2-4-7/h1-4H,5,13H2/i1T. The average Bonchev–Trinajstić information content (AvgIpc) is 2.97. The maximum atomic E-state index is 12.6. The molecule has 1 aliphatic rings. The van der Waals surface area contributed by atoms with Gasteiger partial charge in [-0.1, -0.05) is 24.2 Å². The van der Waals surface area contributed by atoms with Crippen LogP contribution >= 0.6 is 0 Å². The van der Waals surface area contributed by atoms with Crippen LogP contribution in [0.2, 0.25) is 0 Å². The SMILES string of the molecule is [3H]c1cc(C2(C(F)(F)F)N=N2)ccc1CN. The molecule has 0 aliphatic carbocycles. The summed E-state index contributed by atoms with van der Waals surface area (Å²) in [6, 6.07) is 3.73. The monoisotopic (exact) mass is 217 g/mol. The van der Waals surface area contributed by atoms with E-state index in [-0.39, 0.29) is 18.2 Å². The first-order valence-electron chi connectivity index (χ1n) is 4.71. The van der Waals surface area contributed by atoms with Crippen LogP contribution in [0.1, 0.15) is 12.5 Å². The molecule has 6 heteroatoms. The smallest absolute Gasteiger partial charge is 0.326 e. The second kappa shape index (κ2) is 3.03. The molecule has 3 nitrogen and oxygen atoms in total. The topological polar surface area (TPSA) is 50.7 Å². The minimum Gasteiger partial charge on any atom is -0.326 e. The van der Waals surface area contributed by atoms with E-state index in [4.69, 9.17) is 7.10 Å². The van der Waals surface area contributed by atoms with Crippen molar-refractivity contribution in [1.29, 1.82) is 0 Å². The number of nitrogens with two attached hydrogens (primary N) is 1. The molecule has 0 unspecified atom stereocenters. The van der Waals surface area contributed by atoms with E-state index in [0.717, 1.165) is 6.07 Å². The summed E-state index contributed by atoms with van der Waals surface area (Å²) in [6.07, 6.45) is -4.55. The maximum Gasteiger partial charge on any atom is 0.442 e. The Morgan fingerprint density at radius 1 is 1.33 bits per heavy atom. The minimum atomic E-state index is -4.55. The summed E-state index contributed by atoms with van der Waals surface area (Å²) in [5.74, 6) is 0.